The molecule has 0 fully saturated rings. The van der Waals surface area contributed by atoms with Crippen LogP contribution in [0.25, 0.3) is 0 Å². The number of hydrogen-bond donors (Lipinski definition) is 2. The smallest absolute Gasteiger partial charge is 0.410 e. The molecule has 1 aromatic carbocycles. The minimum absolute atomic E-state index is 0.0292. The fourth-order valence-corrected chi connectivity index (χ4v) is 2.67. The second kappa shape index (κ2) is 8.70. The molecule has 0 aliphatic rings. The van der Waals surface area contributed by atoms with E-state index in [1.165, 1.54) is 5.56 Å². The summed E-state index contributed by atoms with van der Waals surface area (Å²) in [5.74, 6) is -0.668. The number of carbonyl (C=O) groups is 2. The molecule has 0 saturated carbocycles. The van der Waals surface area contributed by atoms with Crippen LogP contribution in [0.15, 0.2) is 30.3 Å². The van der Waals surface area contributed by atoms with Crippen molar-refractivity contribution < 1.29 is 19.4 Å². The predicted octanol–water partition coefficient (Wildman–Crippen LogP) is 3.79. The molecule has 0 radical (unpaired) electrons. The van der Waals surface area contributed by atoms with Crippen molar-refractivity contribution in [2.45, 2.75) is 52.7 Å². The lowest BCUT2D eigenvalue weighted by Crippen LogP contribution is -2.37. The van der Waals surface area contributed by atoms with E-state index in [0.29, 0.717) is 18.1 Å². The molecular weight excluding hydrogens is 346 g/mol. The molecule has 2 aromatic rings. The van der Waals surface area contributed by atoms with E-state index in [4.69, 9.17) is 9.84 Å². The normalized spacial score (nSPS) is 11.3. The zero-order valence-corrected chi connectivity index (χ0v) is 16.3. The quantitative estimate of drug-likeness (QED) is 0.770. The second-order valence-corrected chi connectivity index (χ2v) is 7.45. The van der Waals surface area contributed by atoms with Crippen LogP contribution in [0.1, 0.15) is 54.8 Å². The Kier molecular flexibility index (Phi) is 6.60. The number of benzene rings is 1. The van der Waals surface area contributed by atoms with Gasteiger partial charge in [-0.3, -0.25) is 0 Å². The van der Waals surface area contributed by atoms with E-state index in [1.807, 2.05) is 51.1 Å². The SMILES string of the molecule is Cc1[nH]c(CN(CCCc2ccccc2)C(=O)OC(C)(C)C)nc1C(=O)O. The molecule has 0 bridgehead atoms. The molecule has 7 nitrogen and oxygen atoms in total. The van der Waals surface area contributed by atoms with Crippen LogP contribution in [0, 0.1) is 6.92 Å². The van der Waals surface area contributed by atoms with Gasteiger partial charge < -0.3 is 19.7 Å². The lowest BCUT2D eigenvalue weighted by molar-refractivity contribution is 0.0227. The minimum atomic E-state index is -1.09. The van der Waals surface area contributed by atoms with Crippen LogP contribution in [-0.4, -0.2) is 44.2 Å². The lowest BCUT2D eigenvalue weighted by atomic mass is 10.1. The molecule has 1 heterocycles. The molecule has 0 saturated heterocycles. The standard InChI is InChI=1S/C20H27N3O4/c1-14-17(18(24)25)22-16(21-14)13-23(19(26)27-20(2,3)4)12-8-11-15-9-6-5-7-10-15/h5-7,9-10H,8,11-13H2,1-4H3,(H,21,22)(H,24,25). The number of nitrogens with one attached hydrogen (secondary N) is 1. The number of imidazole rings is 1. The number of rotatable bonds is 7. The van der Waals surface area contributed by atoms with E-state index in [0.717, 1.165) is 12.8 Å². The van der Waals surface area contributed by atoms with E-state index < -0.39 is 17.7 Å². The summed E-state index contributed by atoms with van der Waals surface area (Å²) in [5.41, 5.74) is 1.02. The Morgan fingerprint density at radius 3 is 2.44 bits per heavy atom. The van der Waals surface area contributed by atoms with Gasteiger partial charge in [-0.2, -0.15) is 0 Å². The van der Waals surface area contributed by atoms with Gasteiger partial charge in [0, 0.05) is 12.2 Å². The third kappa shape index (κ3) is 6.44. The Bertz CT molecular complexity index is 778. The van der Waals surface area contributed by atoms with Gasteiger partial charge in [0.05, 0.1) is 6.54 Å². The van der Waals surface area contributed by atoms with Crippen molar-refractivity contribution in [3.8, 4) is 0 Å². The third-order valence-electron chi connectivity index (χ3n) is 3.86. The van der Waals surface area contributed by atoms with Crippen molar-refractivity contribution >= 4 is 12.1 Å². The first-order valence-electron chi connectivity index (χ1n) is 8.96. The van der Waals surface area contributed by atoms with E-state index in [1.54, 1.807) is 11.8 Å². The van der Waals surface area contributed by atoms with Gasteiger partial charge in [-0.1, -0.05) is 30.3 Å². The molecule has 146 valence electrons. The first kappa shape index (κ1) is 20.5. The molecule has 0 spiro atoms. The highest BCUT2D eigenvalue weighted by atomic mass is 16.6. The molecule has 1 aromatic heterocycles. The summed E-state index contributed by atoms with van der Waals surface area (Å²) in [5, 5.41) is 9.15. The summed E-state index contributed by atoms with van der Waals surface area (Å²) >= 11 is 0. The largest absolute Gasteiger partial charge is 0.476 e. The van der Waals surface area contributed by atoms with E-state index >= 15 is 0 Å². The van der Waals surface area contributed by atoms with Gasteiger partial charge in [0.2, 0.25) is 0 Å². The molecule has 2 rings (SSSR count). The van der Waals surface area contributed by atoms with Gasteiger partial charge in [-0.25, -0.2) is 14.6 Å². The number of ether oxygens (including phenoxy) is 1. The summed E-state index contributed by atoms with van der Waals surface area (Å²) in [4.78, 5) is 32.3. The number of aromatic carboxylic acids is 1. The number of amides is 1. The number of carboxylic acid groups (broad SMARTS) is 1. The number of aromatic nitrogens is 2. The number of carbonyl (C=O) groups excluding carboxylic acids is 1. The van der Waals surface area contributed by atoms with E-state index in [-0.39, 0.29) is 12.2 Å². The molecule has 0 unspecified atom stereocenters. The molecule has 0 aliphatic carbocycles. The van der Waals surface area contributed by atoms with Gasteiger partial charge in [0.15, 0.2) is 5.69 Å². The Morgan fingerprint density at radius 2 is 1.89 bits per heavy atom. The van der Waals surface area contributed by atoms with Gasteiger partial charge in [-0.15, -0.1) is 0 Å². The zero-order valence-electron chi connectivity index (χ0n) is 16.3. The van der Waals surface area contributed by atoms with Gasteiger partial charge in [0.25, 0.3) is 0 Å². The molecule has 2 N–H and O–H groups in total. The van der Waals surface area contributed by atoms with Crippen molar-refractivity contribution in [1.29, 1.82) is 0 Å². The Hall–Kier alpha value is -2.83. The highest BCUT2D eigenvalue weighted by molar-refractivity contribution is 5.86. The van der Waals surface area contributed by atoms with E-state index in [2.05, 4.69) is 9.97 Å². The average molecular weight is 373 g/mol. The fourth-order valence-electron chi connectivity index (χ4n) is 2.67. The molecular formula is C20H27N3O4. The van der Waals surface area contributed by atoms with Crippen molar-refractivity contribution in [2.75, 3.05) is 6.54 Å². The maximum absolute atomic E-state index is 12.6. The van der Waals surface area contributed by atoms with Crippen molar-refractivity contribution in [1.82, 2.24) is 14.9 Å². The molecule has 1 amide bonds. The number of aromatic amines is 1. The monoisotopic (exact) mass is 373 g/mol. The van der Waals surface area contributed by atoms with Crippen LogP contribution < -0.4 is 0 Å². The Labute approximate surface area is 159 Å². The average Bonchev–Trinajstić information content (AvgIpc) is 2.94. The fraction of sp³-hybridized carbons (Fsp3) is 0.450. The highest BCUT2D eigenvalue weighted by Crippen LogP contribution is 2.14. The number of hydrogen-bond acceptors (Lipinski definition) is 4. The molecule has 0 atom stereocenters. The highest BCUT2D eigenvalue weighted by Gasteiger charge is 2.24. The number of H-pyrrole nitrogens is 1. The van der Waals surface area contributed by atoms with Crippen molar-refractivity contribution in [3.63, 3.8) is 0 Å². The second-order valence-electron chi connectivity index (χ2n) is 7.45. The zero-order chi connectivity index (χ0) is 20.0. The van der Waals surface area contributed by atoms with Gasteiger partial charge >= 0.3 is 12.1 Å². The summed E-state index contributed by atoms with van der Waals surface area (Å²) in [7, 11) is 0. The van der Waals surface area contributed by atoms with Crippen LogP contribution in [0.5, 0.6) is 0 Å². The van der Waals surface area contributed by atoms with Crippen molar-refractivity contribution in [3.05, 3.63) is 53.1 Å². The number of carboxylic acids is 1. The molecule has 0 aliphatic heterocycles. The lowest BCUT2D eigenvalue weighted by Gasteiger charge is -2.27. The minimum Gasteiger partial charge on any atom is -0.476 e. The van der Waals surface area contributed by atoms with Crippen LogP contribution in [0.4, 0.5) is 4.79 Å². The van der Waals surface area contributed by atoms with Crippen LogP contribution >= 0.6 is 0 Å². The van der Waals surface area contributed by atoms with Crippen LogP contribution in [0.3, 0.4) is 0 Å². The summed E-state index contributed by atoms with van der Waals surface area (Å²) < 4.78 is 5.49. The molecule has 7 heteroatoms. The van der Waals surface area contributed by atoms with Crippen LogP contribution in [-0.2, 0) is 17.7 Å². The number of aryl methyl sites for hydroxylation is 2. The van der Waals surface area contributed by atoms with Gasteiger partial charge in [0.1, 0.15) is 11.4 Å². The predicted molar refractivity (Wildman–Crippen MR) is 102 cm³/mol. The van der Waals surface area contributed by atoms with Gasteiger partial charge in [-0.05, 0) is 46.1 Å². The Morgan fingerprint density at radius 1 is 1.22 bits per heavy atom. The number of nitrogens with zero attached hydrogens (tertiary/aromatic N) is 2. The third-order valence-corrected chi connectivity index (χ3v) is 3.86. The summed E-state index contributed by atoms with van der Waals surface area (Å²) in [6.45, 7) is 7.73. The topological polar surface area (TPSA) is 95.5 Å². The summed E-state index contributed by atoms with van der Waals surface area (Å²) in [6, 6.07) is 10.0. The maximum atomic E-state index is 12.6. The maximum Gasteiger partial charge on any atom is 0.410 e. The first-order chi connectivity index (χ1) is 12.7. The van der Waals surface area contributed by atoms with Crippen LogP contribution in [0.2, 0.25) is 0 Å². The van der Waals surface area contributed by atoms with Crippen molar-refractivity contribution in [2.24, 2.45) is 0 Å². The Balaban J connectivity index is 2.07. The first-order valence-corrected chi connectivity index (χ1v) is 8.96. The summed E-state index contributed by atoms with van der Waals surface area (Å²) in [6.07, 6.45) is 1.15. The van der Waals surface area contributed by atoms with E-state index in [9.17, 15) is 9.59 Å². The molecule has 27 heavy (non-hydrogen) atoms.